The second kappa shape index (κ2) is 7.09. The molecule has 0 heterocycles. The lowest BCUT2D eigenvalue weighted by Crippen LogP contribution is -2.15. The van der Waals surface area contributed by atoms with Gasteiger partial charge in [0.05, 0.1) is 0 Å². The lowest BCUT2D eigenvalue weighted by molar-refractivity contribution is 0.249. The number of benzene rings is 1. The molecule has 1 fully saturated rings. The van der Waals surface area contributed by atoms with Crippen molar-refractivity contribution in [2.24, 2.45) is 11.8 Å². The maximum atomic E-state index is 12.7. The van der Waals surface area contributed by atoms with E-state index >= 15 is 0 Å². The second-order valence-corrected chi connectivity index (χ2v) is 9.94. The van der Waals surface area contributed by atoms with Gasteiger partial charge in [-0.25, -0.2) is 0 Å². The molecule has 1 aromatic rings. The smallest absolute Gasteiger partial charge is 0.0936 e. The van der Waals surface area contributed by atoms with Gasteiger partial charge >= 0.3 is 10.2 Å². The molecule has 1 aliphatic carbocycles. The predicted molar refractivity (Wildman–Crippen MR) is 95.8 cm³/mol. The van der Waals surface area contributed by atoms with Crippen LogP contribution in [-0.2, 0) is 6.42 Å². The third-order valence-electron chi connectivity index (χ3n) is 5.39. The Morgan fingerprint density at radius 3 is 1.80 bits per heavy atom. The van der Waals surface area contributed by atoms with Gasteiger partial charge in [0.25, 0.3) is 0 Å². The molecule has 0 N–H and O–H groups in total. The molecular weight excluding hydrogens is 355 g/mol. The molecule has 2 rings (SSSR count). The van der Waals surface area contributed by atoms with Gasteiger partial charge in [-0.1, -0.05) is 89.9 Å². The summed E-state index contributed by atoms with van der Waals surface area (Å²) in [6.07, 6.45) is 11.6. The summed E-state index contributed by atoms with van der Waals surface area (Å²) in [6.45, 7) is 2.21. The molecule has 0 unspecified atom stereocenters. The van der Waals surface area contributed by atoms with Gasteiger partial charge in [-0.2, -0.15) is 0 Å². The Kier molecular flexibility index (Phi) is 5.82. The van der Waals surface area contributed by atoms with Crippen LogP contribution in [0.25, 0.3) is 0 Å². The van der Waals surface area contributed by atoms with Gasteiger partial charge in [-0.3, -0.25) is 0 Å². The molecule has 146 valence electrons. The zero-order chi connectivity index (χ0) is 18.6. The van der Waals surface area contributed by atoms with E-state index in [2.05, 4.69) is 6.92 Å². The molecule has 0 atom stereocenters. The molecule has 0 spiro atoms. The minimum Gasteiger partial charge on any atom is -0.0936 e. The van der Waals surface area contributed by atoms with Gasteiger partial charge in [0.2, 0.25) is 0 Å². The first kappa shape index (κ1) is 20.5. The fraction of sp³-hybridized carbons (Fsp3) is 0.684. The molecule has 0 bridgehead atoms. The summed E-state index contributed by atoms with van der Waals surface area (Å²) in [5, 5.41) is 0. The van der Waals surface area contributed by atoms with Crippen molar-refractivity contribution in [3.63, 3.8) is 0 Å². The van der Waals surface area contributed by atoms with E-state index < -0.39 is 15.1 Å². The van der Waals surface area contributed by atoms with E-state index in [0.29, 0.717) is 30.0 Å². The van der Waals surface area contributed by atoms with Crippen molar-refractivity contribution in [1.82, 2.24) is 0 Å². The third kappa shape index (κ3) is 6.80. The molecule has 1 saturated carbocycles. The average molecular weight is 384 g/mol. The molecule has 25 heavy (non-hydrogen) atoms. The Bertz CT molecular complexity index is 541. The zero-order valence-electron chi connectivity index (χ0n) is 14.8. The summed E-state index contributed by atoms with van der Waals surface area (Å²) in [4.78, 5) is -1.80. The minimum atomic E-state index is -9.54. The number of halogens is 5. The molecule has 0 amide bonds. The fourth-order valence-electron chi connectivity index (χ4n) is 3.78. The van der Waals surface area contributed by atoms with Gasteiger partial charge in [-0.15, -0.1) is 0 Å². The van der Waals surface area contributed by atoms with Crippen molar-refractivity contribution in [1.29, 1.82) is 0 Å². The van der Waals surface area contributed by atoms with Crippen LogP contribution in [0.15, 0.2) is 29.2 Å². The molecule has 0 radical (unpaired) electrons. The Labute approximate surface area is 147 Å². The summed E-state index contributed by atoms with van der Waals surface area (Å²) < 4.78 is 63.5. The average Bonchev–Trinajstić information content (AvgIpc) is 2.53. The van der Waals surface area contributed by atoms with E-state index in [1.165, 1.54) is 63.5 Å². The van der Waals surface area contributed by atoms with E-state index in [1.54, 1.807) is 0 Å². The maximum Gasteiger partial charge on any atom is 0.310 e. The van der Waals surface area contributed by atoms with Crippen molar-refractivity contribution in [3.8, 4) is 0 Å². The Hall–Kier alpha value is -0.780. The van der Waals surface area contributed by atoms with E-state index in [0.717, 1.165) is 12.3 Å². The molecule has 1 aromatic carbocycles. The van der Waals surface area contributed by atoms with Gasteiger partial charge in [-0.05, 0) is 42.4 Å². The van der Waals surface area contributed by atoms with Crippen LogP contribution in [0.2, 0.25) is 0 Å². The monoisotopic (exact) mass is 384 g/mol. The lowest BCUT2D eigenvalue weighted by Gasteiger charge is -2.40. The highest BCUT2D eigenvalue weighted by molar-refractivity contribution is 8.45. The van der Waals surface area contributed by atoms with Gasteiger partial charge < -0.3 is 0 Å². The number of aryl methyl sites for hydroxylation is 1. The Morgan fingerprint density at radius 2 is 1.32 bits per heavy atom. The number of hydrogen-bond donors (Lipinski definition) is 0. The molecule has 0 saturated heterocycles. The molecule has 0 aliphatic heterocycles. The van der Waals surface area contributed by atoms with E-state index in [-0.39, 0.29) is 0 Å². The van der Waals surface area contributed by atoms with Crippen molar-refractivity contribution in [3.05, 3.63) is 29.8 Å². The molecule has 1 aliphatic rings. The summed E-state index contributed by atoms with van der Waals surface area (Å²) in [5.74, 6) is 1.44. The minimum absolute atomic E-state index is 0.529. The predicted octanol–water partition coefficient (Wildman–Crippen LogP) is 8.66. The SMILES string of the molecule is CCCCC[C@H]1CC[C@H](CCc2ccc(S(F)(F)(F)(F)F)cc2)CC1. The van der Waals surface area contributed by atoms with Crippen LogP contribution >= 0.6 is 10.2 Å². The van der Waals surface area contributed by atoms with Crippen molar-refractivity contribution in [2.75, 3.05) is 0 Å². The van der Waals surface area contributed by atoms with E-state index in [9.17, 15) is 19.4 Å². The summed E-state index contributed by atoms with van der Waals surface area (Å²) in [5.41, 5.74) is 0.704. The molecule has 0 aromatic heterocycles. The normalized spacial score (nSPS) is 24.6. The second-order valence-electron chi connectivity index (χ2n) is 7.53. The molecular formula is C19H29F5S. The zero-order valence-corrected chi connectivity index (χ0v) is 15.6. The first-order valence-electron chi connectivity index (χ1n) is 9.31. The van der Waals surface area contributed by atoms with Crippen molar-refractivity contribution in [2.45, 2.75) is 76.0 Å². The van der Waals surface area contributed by atoms with Gasteiger partial charge in [0.1, 0.15) is 4.90 Å². The first-order valence-corrected chi connectivity index (χ1v) is 11.3. The van der Waals surface area contributed by atoms with Crippen LogP contribution < -0.4 is 0 Å². The van der Waals surface area contributed by atoms with Crippen LogP contribution in [0.3, 0.4) is 0 Å². The largest absolute Gasteiger partial charge is 0.310 e. The van der Waals surface area contributed by atoms with Gasteiger partial charge in [0, 0.05) is 0 Å². The highest BCUT2D eigenvalue weighted by atomic mass is 32.5. The van der Waals surface area contributed by atoms with Crippen LogP contribution in [-0.4, -0.2) is 0 Å². The Balaban J connectivity index is 1.78. The van der Waals surface area contributed by atoms with E-state index in [4.69, 9.17) is 0 Å². The van der Waals surface area contributed by atoms with Crippen LogP contribution in [0.4, 0.5) is 19.4 Å². The standard InChI is InChI=1S/C19H29F5S/c1-2-3-4-5-16-6-8-17(9-7-16)10-11-18-12-14-19(15-13-18)25(20,21,22,23)24/h12-17H,2-11H2,1H3/t16-,17-. The van der Waals surface area contributed by atoms with Crippen LogP contribution in [0.5, 0.6) is 0 Å². The van der Waals surface area contributed by atoms with Crippen molar-refractivity contribution >= 4 is 10.2 Å². The highest BCUT2D eigenvalue weighted by Gasteiger charge is 2.65. The summed E-state index contributed by atoms with van der Waals surface area (Å²) in [7, 11) is -9.54. The quantitative estimate of drug-likeness (QED) is 0.311. The highest BCUT2D eigenvalue weighted by Crippen LogP contribution is 3.02. The van der Waals surface area contributed by atoms with E-state index in [1.807, 2.05) is 0 Å². The summed E-state index contributed by atoms with van der Waals surface area (Å²) in [6, 6.07) is 3.45. The van der Waals surface area contributed by atoms with Crippen LogP contribution in [0.1, 0.15) is 70.3 Å². The Morgan fingerprint density at radius 1 is 0.800 bits per heavy atom. The summed E-state index contributed by atoms with van der Waals surface area (Å²) >= 11 is 0. The number of hydrogen-bond acceptors (Lipinski definition) is 0. The number of unbranched alkanes of at least 4 members (excludes halogenated alkanes) is 2. The molecule has 0 nitrogen and oxygen atoms in total. The number of rotatable bonds is 8. The molecule has 6 heteroatoms. The van der Waals surface area contributed by atoms with Crippen LogP contribution in [0, 0.1) is 11.8 Å². The van der Waals surface area contributed by atoms with Crippen molar-refractivity contribution < 1.29 is 19.4 Å². The fourth-order valence-corrected chi connectivity index (χ4v) is 4.43. The maximum absolute atomic E-state index is 12.7. The topological polar surface area (TPSA) is 0 Å². The van der Waals surface area contributed by atoms with Gasteiger partial charge in [0.15, 0.2) is 0 Å². The first-order chi connectivity index (χ1) is 11.5. The third-order valence-corrected chi connectivity index (χ3v) is 6.56. The lowest BCUT2D eigenvalue weighted by atomic mass is 9.78.